The average molecular weight is 372 g/mol. The van der Waals surface area contributed by atoms with Crippen LogP contribution in [0.2, 0.25) is 0 Å². The van der Waals surface area contributed by atoms with Gasteiger partial charge in [-0.2, -0.15) is 5.26 Å². The van der Waals surface area contributed by atoms with Gasteiger partial charge in [0, 0.05) is 23.3 Å². The molecule has 28 heavy (non-hydrogen) atoms. The lowest BCUT2D eigenvalue weighted by Gasteiger charge is -2.19. The minimum Gasteiger partial charge on any atom is -0.383 e. The van der Waals surface area contributed by atoms with E-state index in [0.717, 1.165) is 5.56 Å². The Balaban J connectivity index is 2.11. The highest BCUT2D eigenvalue weighted by atomic mass is 16.6. The molecule has 0 amide bonds. The first-order valence-corrected chi connectivity index (χ1v) is 8.77. The van der Waals surface area contributed by atoms with Crippen LogP contribution in [0.15, 0.2) is 54.6 Å². The summed E-state index contributed by atoms with van der Waals surface area (Å²) in [5, 5.41) is 20.4. The average Bonchev–Trinajstić information content (AvgIpc) is 2.67. The van der Waals surface area contributed by atoms with Crippen LogP contribution in [0, 0.1) is 21.4 Å². The van der Waals surface area contributed by atoms with Gasteiger partial charge < -0.3 is 5.73 Å². The van der Waals surface area contributed by atoms with Crippen molar-refractivity contribution in [3.63, 3.8) is 0 Å². The van der Waals surface area contributed by atoms with Crippen molar-refractivity contribution in [2.45, 2.75) is 26.2 Å². The zero-order chi connectivity index (χ0) is 20.5. The first-order chi connectivity index (χ1) is 13.2. The number of nitrogens with two attached hydrogens (primary N) is 1. The molecule has 0 fully saturated rings. The molecule has 140 valence electrons. The molecule has 2 aromatic carbocycles. The van der Waals surface area contributed by atoms with Gasteiger partial charge in [0.25, 0.3) is 5.69 Å². The molecule has 1 aromatic heterocycles. The first-order valence-electron chi connectivity index (χ1n) is 8.77. The molecule has 0 spiro atoms. The minimum atomic E-state index is -0.452. The van der Waals surface area contributed by atoms with Gasteiger partial charge in [-0.15, -0.1) is 0 Å². The smallest absolute Gasteiger partial charge is 0.269 e. The van der Waals surface area contributed by atoms with E-state index in [1.54, 1.807) is 18.2 Å². The van der Waals surface area contributed by atoms with E-state index in [1.807, 2.05) is 24.3 Å². The third-order valence-electron chi connectivity index (χ3n) is 4.60. The summed E-state index contributed by atoms with van der Waals surface area (Å²) < 4.78 is 0. The molecule has 0 aliphatic heterocycles. The highest BCUT2D eigenvalue weighted by molar-refractivity contribution is 5.80. The van der Waals surface area contributed by atoms with Crippen LogP contribution in [0.3, 0.4) is 0 Å². The zero-order valence-electron chi connectivity index (χ0n) is 15.9. The second kappa shape index (κ2) is 7.12. The highest BCUT2D eigenvalue weighted by Gasteiger charge is 2.17. The molecule has 6 heteroatoms. The van der Waals surface area contributed by atoms with E-state index in [2.05, 4.69) is 31.8 Å². The van der Waals surface area contributed by atoms with Gasteiger partial charge in [-0.3, -0.25) is 10.1 Å². The Morgan fingerprint density at radius 2 is 1.61 bits per heavy atom. The molecule has 1 heterocycles. The third kappa shape index (κ3) is 3.69. The van der Waals surface area contributed by atoms with Crippen molar-refractivity contribution in [1.82, 2.24) is 4.98 Å². The normalized spacial score (nSPS) is 11.1. The number of rotatable bonds is 3. The topological polar surface area (TPSA) is 106 Å². The number of hydrogen-bond donors (Lipinski definition) is 1. The Hall–Kier alpha value is -3.72. The lowest BCUT2D eigenvalue weighted by Crippen LogP contribution is -2.10. The maximum atomic E-state index is 10.9. The summed E-state index contributed by atoms with van der Waals surface area (Å²) in [5.74, 6) is 0.133. The summed E-state index contributed by atoms with van der Waals surface area (Å²) in [7, 11) is 0. The fraction of sp³-hybridized carbons (Fsp3) is 0.182. The van der Waals surface area contributed by atoms with E-state index in [4.69, 9.17) is 5.73 Å². The van der Waals surface area contributed by atoms with Crippen molar-refractivity contribution >= 4 is 11.5 Å². The Kier molecular flexibility index (Phi) is 4.85. The summed E-state index contributed by atoms with van der Waals surface area (Å²) in [4.78, 5) is 14.7. The second-order valence-corrected chi connectivity index (χ2v) is 7.56. The Bertz CT molecular complexity index is 1070. The quantitative estimate of drug-likeness (QED) is 0.510. The van der Waals surface area contributed by atoms with Crippen molar-refractivity contribution in [3.8, 4) is 28.5 Å². The van der Waals surface area contributed by atoms with Gasteiger partial charge >= 0.3 is 0 Å². The molecule has 0 radical (unpaired) electrons. The number of hydrogen-bond acceptors (Lipinski definition) is 5. The van der Waals surface area contributed by atoms with E-state index in [9.17, 15) is 15.4 Å². The SMILES string of the molecule is CC(C)(C)c1ccc(-c2cc(-c3ccc([N+](=O)[O-])cc3)nc(N)c2C#N)cc1. The van der Waals surface area contributed by atoms with Gasteiger partial charge in [0.05, 0.1) is 10.6 Å². The molecule has 0 aliphatic rings. The van der Waals surface area contributed by atoms with E-state index < -0.39 is 4.92 Å². The number of nitriles is 1. The van der Waals surface area contributed by atoms with E-state index >= 15 is 0 Å². The molecule has 0 atom stereocenters. The van der Waals surface area contributed by atoms with Crippen molar-refractivity contribution < 1.29 is 4.92 Å². The van der Waals surface area contributed by atoms with Gasteiger partial charge in [-0.1, -0.05) is 45.0 Å². The summed E-state index contributed by atoms with van der Waals surface area (Å²) in [6.07, 6.45) is 0. The number of nitro groups is 1. The molecule has 3 aromatic rings. The van der Waals surface area contributed by atoms with Crippen molar-refractivity contribution in [1.29, 1.82) is 5.26 Å². The summed E-state index contributed by atoms with van der Waals surface area (Å²) >= 11 is 0. The number of non-ortho nitro benzene ring substituents is 1. The van der Waals surface area contributed by atoms with Crippen LogP contribution in [0.1, 0.15) is 31.9 Å². The summed E-state index contributed by atoms with van der Waals surface area (Å²) in [5.41, 5.74) is 10.4. The number of nitro benzene ring substituents is 1. The summed E-state index contributed by atoms with van der Waals surface area (Å²) in [6, 6.07) is 18.0. The number of nitrogen functional groups attached to an aromatic ring is 1. The molecule has 6 nitrogen and oxygen atoms in total. The largest absolute Gasteiger partial charge is 0.383 e. The number of benzene rings is 2. The number of anilines is 1. The maximum absolute atomic E-state index is 10.9. The van der Waals surface area contributed by atoms with Gasteiger partial charge in [0.15, 0.2) is 0 Å². The van der Waals surface area contributed by atoms with Crippen molar-refractivity contribution in [2.75, 3.05) is 5.73 Å². The Morgan fingerprint density at radius 3 is 2.11 bits per heavy atom. The first kappa shape index (κ1) is 19.1. The fourth-order valence-corrected chi connectivity index (χ4v) is 2.96. The van der Waals surface area contributed by atoms with E-state index in [-0.39, 0.29) is 16.9 Å². The summed E-state index contributed by atoms with van der Waals surface area (Å²) in [6.45, 7) is 6.42. The standard InChI is InChI=1S/C22H20N4O2/c1-22(2,3)16-8-4-14(5-9-16)18-12-20(25-21(24)19(18)13-23)15-6-10-17(11-7-15)26(27)28/h4-12H,1-3H3,(H2,24,25). The Labute approximate surface area is 163 Å². The van der Waals surface area contributed by atoms with Gasteiger partial charge in [0.2, 0.25) is 0 Å². The number of aromatic nitrogens is 1. The molecular weight excluding hydrogens is 352 g/mol. The van der Waals surface area contributed by atoms with Crippen LogP contribution < -0.4 is 5.73 Å². The lowest BCUT2D eigenvalue weighted by molar-refractivity contribution is -0.384. The molecule has 0 saturated heterocycles. The second-order valence-electron chi connectivity index (χ2n) is 7.56. The van der Waals surface area contributed by atoms with Crippen LogP contribution in [0.5, 0.6) is 0 Å². The minimum absolute atomic E-state index is 0.00311. The Morgan fingerprint density at radius 1 is 1.04 bits per heavy atom. The molecule has 0 bridgehead atoms. The van der Waals surface area contributed by atoms with Gasteiger partial charge in [0.1, 0.15) is 17.5 Å². The van der Waals surface area contributed by atoms with Crippen LogP contribution in [-0.2, 0) is 5.41 Å². The van der Waals surface area contributed by atoms with Crippen molar-refractivity contribution in [3.05, 3.63) is 75.8 Å². The van der Waals surface area contributed by atoms with Gasteiger partial charge in [-0.25, -0.2) is 4.98 Å². The van der Waals surface area contributed by atoms with E-state index in [0.29, 0.717) is 22.4 Å². The highest BCUT2D eigenvalue weighted by Crippen LogP contribution is 2.33. The molecule has 0 aliphatic carbocycles. The number of nitrogens with zero attached hydrogens (tertiary/aromatic N) is 3. The molecule has 0 unspecified atom stereocenters. The van der Waals surface area contributed by atoms with Crippen LogP contribution >= 0.6 is 0 Å². The lowest BCUT2D eigenvalue weighted by atomic mass is 9.86. The maximum Gasteiger partial charge on any atom is 0.269 e. The molecular formula is C22H20N4O2. The molecule has 2 N–H and O–H groups in total. The van der Waals surface area contributed by atoms with Crippen LogP contribution in [-0.4, -0.2) is 9.91 Å². The molecule has 0 saturated carbocycles. The van der Waals surface area contributed by atoms with Gasteiger partial charge in [-0.05, 0) is 34.7 Å². The number of pyridine rings is 1. The van der Waals surface area contributed by atoms with Crippen molar-refractivity contribution in [2.24, 2.45) is 0 Å². The van der Waals surface area contributed by atoms with Crippen LogP contribution in [0.4, 0.5) is 11.5 Å². The zero-order valence-corrected chi connectivity index (χ0v) is 15.9. The van der Waals surface area contributed by atoms with Crippen LogP contribution in [0.25, 0.3) is 22.4 Å². The van der Waals surface area contributed by atoms with E-state index in [1.165, 1.54) is 17.7 Å². The predicted molar refractivity (Wildman–Crippen MR) is 110 cm³/mol. The molecule has 3 rings (SSSR count). The fourth-order valence-electron chi connectivity index (χ4n) is 2.96. The third-order valence-corrected chi connectivity index (χ3v) is 4.60. The predicted octanol–water partition coefficient (Wildman–Crippen LogP) is 5.08. The monoisotopic (exact) mass is 372 g/mol.